The molecule has 1 aliphatic heterocycles. The first-order chi connectivity index (χ1) is 8.15. The Kier molecular flexibility index (Phi) is 3.45. The van der Waals surface area contributed by atoms with Crippen LogP contribution in [-0.2, 0) is 10.3 Å². The number of aliphatic hydroxyl groups excluding tert-OH is 1. The highest BCUT2D eigenvalue weighted by Gasteiger charge is 2.32. The predicted octanol–water partition coefficient (Wildman–Crippen LogP) is 0.230. The Morgan fingerprint density at radius 3 is 2.59 bits per heavy atom. The maximum atomic E-state index is 11.9. The van der Waals surface area contributed by atoms with Gasteiger partial charge in [-0.2, -0.15) is 0 Å². The maximum absolute atomic E-state index is 11.9. The molecule has 1 aromatic carbocycles. The molecule has 92 valence electrons. The first-order valence-corrected chi connectivity index (χ1v) is 5.85. The predicted molar refractivity (Wildman–Crippen MR) is 65.4 cm³/mol. The normalized spacial score (nSPS) is 19.2. The first kappa shape index (κ1) is 12.1. The molecule has 0 radical (unpaired) electrons. The molecule has 0 aliphatic carbocycles. The van der Waals surface area contributed by atoms with Crippen LogP contribution in [0.5, 0.6) is 0 Å². The molecule has 1 amide bonds. The molecular formula is C13H18N2O2. The number of hydrogen-bond donors (Lipinski definition) is 3. The molecule has 1 atom stereocenters. The Hall–Kier alpha value is -1.39. The third kappa shape index (κ3) is 2.48. The third-order valence-electron chi connectivity index (χ3n) is 3.28. The van der Waals surface area contributed by atoms with Crippen molar-refractivity contribution in [2.45, 2.75) is 12.5 Å². The summed E-state index contributed by atoms with van der Waals surface area (Å²) in [6.07, 6.45) is 0. The summed E-state index contributed by atoms with van der Waals surface area (Å²) in [5, 5.41) is 15.5. The molecule has 1 unspecified atom stereocenters. The number of carbonyl (C=O) groups is 1. The van der Waals surface area contributed by atoms with Gasteiger partial charge in [0.15, 0.2) is 0 Å². The van der Waals surface area contributed by atoms with Gasteiger partial charge in [0.05, 0.1) is 18.1 Å². The number of amides is 1. The van der Waals surface area contributed by atoms with E-state index in [2.05, 4.69) is 10.6 Å². The van der Waals surface area contributed by atoms with Gasteiger partial charge in [0.2, 0.25) is 5.91 Å². The number of nitrogens with one attached hydrogen (secondary N) is 2. The molecule has 3 N–H and O–H groups in total. The lowest BCUT2D eigenvalue weighted by Gasteiger charge is -2.34. The van der Waals surface area contributed by atoms with Gasteiger partial charge in [0, 0.05) is 13.1 Å². The molecular weight excluding hydrogens is 216 g/mol. The van der Waals surface area contributed by atoms with Crippen LogP contribution in [0.25, 0.3) is 0 Å². The summed E-state index contributed by atoms with van der Waals surface area (Å²) in [7, 11) is 0. The monoisotopic (exact) mass is 234 g/mol. The smallest absolute Gasteiger partial charge is 0.226 e. The molecule has 1 aromatic rings. The van der Waals surface area contributed by atoms with Crippen LogP contribution in [0.3, 0.4) is 0 Å². The van der Waals surface area contributed by atoms with E-state index < -0.39 is 5.54 Å². The molecule has 0 spiro atoms. The Labute approximate surface area is 101 Å². The molecule has 1 heterocycles. The Balaban J connectivity index is 2.11. The molecule has 1 fully saturated rings. The molecule has 17 heavy (non-hydrogen) atoms. The van der Waals surface area contributed by atoms with Crippen molar-refractivity contribution in [2.75, 3.05) is 19.7 Å². The second-order valence-corrected chi connectivity index (χ2v) is 4.70. The zero-order valence-corrected chi connectivity index (χ0v) is 9.94. The molecule has 1 aliphatic rings. The quantitative estimate of drug-likeness (QED) is 0.699. The van der Waals surface area contributed by atoms with Crippen molar-refractivity contribution in [1.82, 2.24) is 10.6 Å². The van der Waals surface area contributed by atoms with E-state index in [1.807, 2.05) is 37.3 Å². The SMILES string of the molecule is CC(CO)(NC(=O)C1CNC1)c1ccccc1. The van der Waals surface area contributed by atoms with Crippen molar-refractivity contribution in [2.24, 2.45) is 5.92 Å². The van der Waals surface area contributed by atoms with Gasteiger partial charge in [-0.3, -0.25) is 4.79 Å². The number of carbonyl (C=O) groups excluding carboxylic acids is 1. The highest BCUT2D eigenvalue weighted by molar-refractivity contribution is 5.81. The number of aliphatic hydroxyl groups is 1. The summed E-state index contributed by atoms with van der Waals surface area (Å²) >= 11 is 0. The second-order valence-electron chi connectivity index (χ2n) is 4.70. The van der Waals surface area contributed by atoms with Crippen LogP contribution in [0.2, 0.25) is 0 Å². The molecule has 0 saturated carbocycles. The van der Waals surface area contributed by atoms with E-state index in [0.29, 0.717) is 0 Å². The van der Waals surface area contributed by atoms with Crippen molar-refractivity contribution in [3.05, 3.63) is 35.9 Å². The van der Waals surface area contributed by atoms with Crippen LogP contribution >= 0.6 is 0 Å². The van der Waals surface area contributed by atoms with Crippen LogP contribution < -0.4 is 10.6 Å². The summed E-state index contributed by atoms with van der Waals surface area (Å²) in [5.74, 6) is 0.0359. The molecule has 0 aromatic heterocycles. The first-order valence-electron chi connectivity index (χ1n) is 5.85. The summed E-state index contributed by atoms with van der Waals surface area (Å²) in [6, 6.07) is 9.55. The highest BCUT2D eigenvalue weighted by Crippen LogP contribution is 2.20. The summed E-state index contributed by atoms with van der Waals surface area (Å²) in [5.41, 5.74) is 0.219. The summed E-state index contributed by atoms with van der Waals surface area (Å²) in [4.78, 5) is 11.9. The van der Waals surface area contributed by atoms with Crippen LogP contribution in [0, 0.1) is 5.92 Å². The van der Waals surface area contributed by atoms with E-state index in [4.69, 9.17) is 0 Å². The van der Waals surface area contributed by atoms with Crippen molar-refractivity contribution in [3.63, 3.8) is 0 Å². The van der Waals surface area contributed by atoms with Crippen molar-refractivity contribution < 1.29 is 9.90 Å². The fourth-order valence-corrected chi connectivity index (χ4v) is 1.86. The maximum Gasteiger partial charge on any atom is 0.226 e. The number of hydrogen-bond acceptors (Lipinski definition) is 3. The van der Waals surface area contributed by atoms with Crippen LogP contribution in [-0.4, -0.2) is 30.7 Å². The Morgan fingerprint density at radius 2 is 2.12 bits per heavy atom. The van der Waals surface area contributed by atoms with Gasteiger partial charge in [0.1, 0.15) is 0 Å². The lowest BCUT2D eigenvalue weighted by Crippen LogP contribution is -2.56. The van der Waals surface area contributed by atoms with E-state index in [1.165, 1.54) is 0 Å². The largest absolute Gasteiger partial charge is 0.394 e. The summed E-state index contributed by atoms with van der Waals surface area (Å²) in [6.45, 7) is 3.18. The standard InChI is InChI=1S/C13H18N2O2/c1-13(9-16,11-5-3-2-4-6-11)15-12(17)10-7-14-8-10/h2-6,10,14,16H,7-9H2,1H3,(H,15,17). The fourth-order valence-electron chi connectivity index (χ4n) is 1.86. The Morgan fingerprint density at radius 1 is 1.47 bits per heavy atom. The third-order valence-corrected chi connectivity index (χ3v) is 3.28. The van der Waals surface area contributed by atoms with Gasteiger partial charge >= 0.3 is 0 Å². The van der Waals surface area contributed by atoms with E-state index >= 15 is 0 Å². The van der Waals surface area contributed by atoms with Crippen LogP contribution in [0.4, 0.5) is 0 Å². The van der Waals surface area contributed by atoms with Crippen LogP contribution in [0.15, 0.2) is 30.3 Å². The van der Waals surface area contributed by atoms with Gasteiger partial charge in [-0.15, -0.1) is 0 Å². The highest BCUT2D eigenvalue weighted by atomic mass is 16.3. The molecule has 2 rings (SSSR count). The minimum absolute atomic E-state index is 0.00385. The van der Waals surface area contributed by atoms with Crippen molar-refractivity contribution in [3.8, 4) is 0 Å². The fraction of sp³-hybridized carbons (Fsp3) is 0.462. The van der Waals surface area contributed by atoms with E-state index in [1.54, 1.807) is 0 Å². The van der Waals surface area contributed by atoms with Crippen molar-refractivity contribution in [1.29, 1.82) is 0 Å². The van der Waals surface area contributed by atoms with Gasteiger partial charge in [-0.05, 0) is 12.5 Å². The number of rotatable bonds is 4. The van der Waals surface area contributed by atoms with E-state index in [9.17, 15) is 9.90 Å². The van der Waals surface area contributed by atoms with Gasteiger partial charge in [-0.1, -0.05) is 30.3 Å². The van der Waals surface area contributed by atoms with Crippen LogP contribution in [0.1, 0.15) is 12.5 Å². The summed E-state index contributed by atoms with van der Waals surface area (Å²) < 4.78 is 0. The van der Waals surface area contributed by atoms with E-state index in [0.717, 1.165) is 18.7 Å². The number of benzene rings is 1. The Bertz CT molecular complexity index is 390. The van der Waals surface area contributed by atoms with Gasteiger partial charge in [-0.25, -0.2) is 0 Å². The molecule has 1 saturated heterocycles. The minimum atomic E-state index is -0.700. The van der Waals surface area contributed by atoms with Gasteiger partial charge in [0.25, 0.3) is 0 Å². The molecule has 0 bridgehead atoms. The van der Waals surface area contributed by atoms with Crippen molar-refractivity contribution >= 4 is 5.91 Å². The average Bonchev–Trinajstić information content (AvgIpc) is 2.27. The molecule has 4 heteroatoms. The zero-order valence-electron chi connectivity index (χ0n) is 9.94. The topological polar surface area (TPSA) is 61.4 Å². The molecule has 4 nitrogen and oxygen atoms in total. The zero-order chi connectivity index (χ0) is 12.3. The average molecular weight is 234 g/mol. The minimum Gasteiger partial charge on any atom is -0.394 e. The van der Waals surface area contributed by atoms with Gasteiger partial charge < -0.3 is 15.7 Å². The lowest BCUT2D eigenvalue weighted by atomic mass is 9.91. The van der Waals surface area contributed by atoms with E-state index in [-0.39, 0.29) is 18.4 Å². The second kappa shape index (κ2) is 4.85. The lowest BCUT2D eigenvalue weighted by molar-refractivity contribution is -0.129.